The predicted molar refractivity (Wildman–Crippen MR) is 116 cm³/mol. The highest BCUT2D eigenvalue weighted by atomic mass is 16.3. The Morgan fingerprint density at radius 1 is 1.00 bits per heavy atom. The number of furan rings is 1. The number of hydrogen-bond donors (Lipinski definition) is 1. The molecule has 7 heteroatoms. The summed E-state index contributed by atoms with van der Waals surface area (Å²) >= 11 is 0. The van der Waals surface area contributed by atoms with Crippen LogP contribution in [0.15, 0.2) is 92.4 Å². The van der Waals surface area contributed by atoms with Crippen LogP contribution in [0.25, 0.3) is 11.1 Å². The standard InChI is InChI=1S/C24H18N4O3/c1-16-21(14-25)23(29)28(15-20-8-5-13-31-20)24(30)22(16)27-26-19-11-9-18(10-12-19)17-6-3-2-4-7-17/h2-13,29H,15H2,1H3. The Hall–Kier alpha value is -4.44. The summed E-state index contributed by atoms with van der Waals surface area (Å²) in [7, 11) is 0. The highest BCUT2D eigenvalue weighted by molar-refractivity contribution is 5.65. The number of rotatable bonds is 5. The van der Waals surface area contributed by atoms with Crippen LogP contribution in [-0.4, -0.2) is 9.67 Å². The van der Waals surface area contributed by atoms with Crippen LogP contribution in [0.4, 0.5) is 11.4 Å². The van der Waals surface area contributed by atoms with Crippen LogP contribution in [0, 0.1) is 18.3 Å². The molecule has 2 aromatic heterocycles. The van der Waals surface area contributed by atoms with Gasteiger partial charge in [0, 0.05) is 5.56 Å². The van der Waals surface area contributed by atoms with E-state index in [2.05, 4.69) is 10.2 Å². The maximum atomic E-state index is 13.0. The Kier molecular flexibility index (Phi) is 5.45. The summed E-state index contributed by atoms with van der Waals surface area (Å²) in [6, 6.07) is 22.7. The van der Waals surface area contributed by atoms with E-state index < -0.39 is 11.4 Å². The molecule has 0 saturated heterocycles. The van der Waals surface area contributed by atoms with Gasteiger partial charge in [0.05, 0.1) is 18.5 Å². The average molecular weight is 410 g/mol. The van der Waals surface area contributed by atoms with Gasteiger partial charge in [-0.05, 0) is 42.3 Å². The molecule has 0 bridgehead atoms. The van der Waals surface area contributed by atoms with E-state index in [9.17, 15) is 15.2 Å². The van der Waals surface area contributed by atoms with Crippen molar-refractivity contribution in [3.63, 3.8) is 0 Å². The molecular formula is C24H18N4O3. The number of pyridine rings is 1. The van der Waals surface area contributed by atoms with Crippen molar-refractivity contribution in [2.24, 2.45) is 10.2 Å². The molecular weight excluding hydrogens is 392 g/mol. The maximum absolute atomic E-state index is 13.0. The molecule has 0 unspecified atom stereocenters. The molecule has 31 heavy (non-hydrogen) atoms. The van der Waals surface area contributed by atoms with Gasteiger partial charge in [-0.3, -0.25) is 9.36 Å². The van der Waals surface area contributed by atoms with E-state index >= 15 is 0 Å². The van der Waals surface area contributed by atoms with Gasteiger partial charge in [0.25, 0.3) is 5.56 Å². The molecule has 7 nitrogen and oxygen atoms in total. The number of aromatic nitrogens is 1. The zero-order valence-electron chi connectivity index (χ0n) is 16.7. The lowest BCUT2D eigenvalue weighted by Crippen LogP contribution is -2.22. The summed E-state index contributed by atoms with van der Waals surface area (Å²) in [5.74, 6) is 0.0390. The number of hydrogen-bond acceptors (Lipinski definition) is 6. The molecule has 0 fully saturated rings. The third kappa shape index (κ3) is 4.00. The molecule has 0 saturated carbocycles. The van der Waals surface area contributed by atoms with Gasteiger partial charge in [0.1, 0.15) is 17.4 Å². The molecule has 0 amide bonds. The van der Waals surface area contributed by atoms with Crippen molar-refractivity contribution in [2.75, 3.05) is 0 Å². The molecule has 2 aromatic carbocycles. The van der Waals surface area contributed by atoms with Crippen LogP contribution >= 0.6 is 0 Å². The van der Waals surface area contributed by atoms with E-state index in [0.29, 0.717) is 11.4 Å². The number of azo groups is 1. The molecule has 4 rings (SSSR count). The number of nitrogens with zero attached hydrogens (tertiary/aromatic N) is 4. The maximum Gasteiger partial charge on any atom is 0.281 e. The molecule has 0 aliphatic carbocycles. The Morgan fingerprint density at radius 2 is 1.71 bits per heavy atom. The van der Waals surface area contributed by atoms with E-state index in [1.807, 2.05) is 48.5 Å². The van der Waals surface area contributed by atoms with Gasteiger partial charge in [-0.25, -0.2) is 0 Å². The molecule has 0 spiro atoms. The largest absolute Gasteiger partial charge is 0.493 e. The molecule has 0 aliphatic heterocycles. The number of benzene rings is 2. The lowest BCUT2D eigenvalue weighted by molar-refractivity contribution is 0.397. The molecule has 4 aromatic rings. The van der Waals surface area contributed by atoms with Gasteiger partial charge in [-0.1, -0.05) is 42.5 Å². The topological polar surface area (TPSA) is 104 Å². The molecule has 2 heterocycles. The monoisotopic (exact) mass is 410 g/mol. The van der Waals surface area contributed by atoms with Gasteiger partial charge in [0.2, 0.25) is 5.88 Å². The number of nitriles is 1. The van der Waals surface area contributed by atoms with Crippen LogP contribution in [-0.2, 0) is 6.54 Å². The first-order chi connectivity index (χ1) is 15.1. The molecule has 0 atom stereocenters. The minimum atomic E-state index is -0.560. The SMILES string of the molecule is Cc1c(C#N)c(O)n(Cc2ccco2)c(=O)c1N=Nc1ccc(-c2ccccc2)cc1. The van der Waals surface area contributed by atoms with Crippen LogP contribution < -0.4 is 5.56 Å². The zero-order chi connectivity index (χ0) is 21.8. The summed E-state index contributed by atoms with van der Waals surface area (Å²) in [5, 5.41) is 28.2. The lowest BCUT2D eigenvalue weighted by Gasteiger charge is -2.11. The van der Waals surface area contributed by atoms with Crippen LogP contribution in [0.3, 0.4) is 0 Å². The first kappa shape index (κ1) is 19.9. The van der Waals surface area contributed by atoms with E-state index in [0.717, 1.165) is 15.7 Å². The smallest absolute Gasteiger partial charge is 0.281 e. The quantitative estimate of drug-likeness (QED) is 0.441. The van der Waals surface area contributed by atoms with Crippen molar-refractivity contribution >= 4 is 11.4 Å². The van der Waals surface area contributed by atoms with Crippen molar-refractivity contribution in [1.82, 2.24) is 4.57 Å². The normalized spacial score (nSPS) is 11.0. The summed E-state index contributed by atoms with van der Waals surface area (Å²) in [4.78, 5) is 13.0. The van der Waals surface area contributed by atoms with E-state index in [1.165, 1.54) is 6.26 Å². The molecule has 152 valence electrons. The Labute approximate surface area is 178 Å². The summed E-state index contributed by atoms with van der Waals surface area (Å²) in [5.41, 5.74) is 2.35. The minimum absolute atomic E-state index is 0.00644. The fourth-order valence-electron chi connectivity index (χ4n) is 3.22. The number of aromatic hydroxyl groups is 1. The zero-order valence-corrected chi connectivity index (χ0v) is 16.7. The fourth-order valence-corrected chi connectivity index (χ4v) is 3.22. The third-order valence-electron chi connectivity index (χ3n) is 4.90. The Bertz CT molecular complexity index is 1330. The summed E-state index contributed by atoms with van der Waals surface area (Å²) < 4.78 is 6.31. The van der Waals surface area contributed by atoms with E-state index in [-0.39, 0.29) is 23.4 Å². The van der Waals surface area contributed by atoms with E-state index in [4.69, 9.17) is 4.42 Å². The highest BCUT2D eigenvalue weighted by Crippen LogP contribution is 2.28. The van der Waals surface area contributed by atoms with Crippen molar-refractivity contribution < 1.29 is 9.52 Å². The fraction of sp³-hybridized carbons (Fsp3) is 0.0833. The van der Waals surface area contributed by atoms with Gasteiger partial charge in [-0.2, -0.15) is 10.4 Å². The van der Waals surface area contributed by atoms with Crippen LogP contribution in [0.5, 0.6) is 5.88 Å². The summed E-state index contributed by atoms with van der Waals surface area (Å²) in [6.45, 7) is 1.53. The first-order valence-corrected chi connectivity index (χ1v) is 9.54. The van der Waals surface area contributed by atoms with Crippen molar-refractivity contribution in [3.8, 4) is 23.1 Å². The van der Waals surface area contributed by atoms with E-state index in [1.54, 1.807) is 31.2 Å². The van der Waals surface area contributed by atoms with Crippen molar-refractivity contribution in [2.45, 2.75) is 13.5 Å². The van der Waals surface area contributed by atoms with Crippen LogP contribution in [0.2, 0.25) is 0 Å². The average Bonchev–Trinajstić information content (AvgIpc) is 3.31. The van der Waals surface area contributed by atoms with Crippen LogP contribution in [0.1, 0.15) is 16.9 Å². The molecule has 0 radical (unpaired) electrons. The summed E-state index contributed by atoms with van der Waals surface area (Å²) in [6.07, 6.45) is 1.47. The third-order valence-corrected chi connectivity index (χ3v) is 4.90. The Balaban J connectivity index is 1.70. The van der Waals surface area contributed by atoms with Crippen molar-refractivity contribution in [3.05, 3.63) is 100 Å². The lowest BCUT2D eigenvalue weighted by atomic mass is 10.1. The van der Waals surface area contributed by atoms with Gasteiger partial charge >= 0.3 is 0 Å². The van der Waals surface area contributed by atoms with Crippen molar-refractivity contribution in [1.29, 1.82) is 5.26 Å². The molecule has 0 aliphatic rings. The second-order valence-electron chi connectivity index (χ2n) is 6.87. The van der Waals surface area contributed by atoms with Gasteiger partial charge in [0.15, 0.2) is 5.69 Å². The van der Waals surface area contributed by atoms with Gasteiger partial charge in [-0.15, -0.1) is 5.11 Å². The van der Waals surface area contributed by atoms with Gasteiger partial charge < -0.3 is 9.52 Å². The second-order valence-corrected chi connectivity index (χ2v) is 6.87. The minimum Gasteiger partial charge on any atom is -0.493 e. The Morgan fingerprint density at radius 3 is 2.35 bits per heavy atom. The highest BCUT2D eigenvalue weighted by Gasteiger charge is 2.20. The first-order valence-electron chi connectivity index (χ1n) is 9.54. The predicted octanol–water partition coefficient (Wildman–Crippen LogP) is 5.46. The molecule has 1 N–H and O–H groups in total. The second kappa shape index (κ2) is 8.51.